The summed E-state index contributed by atoms with van der Waals surface area (Å²) < 4.78 is 17.0. The van der Waals surface area contributed by atoms with Gasteiger partial charge in [0.2, 0.25) is 0 Å². The zero-order valence-corrected chi connectivity index (χ0v) is 53.5. The molecule has 0 aromatic rings. The summed E-state index contributed by atoms with van der Waals surface area (Å²) in [6.07, 6.45) is 97.4. The molecule has 0 N–H and O–H groups in total. The van der Waals surface area contributed by atoms with Gasteiger partial charge in [-0.2, -0.15) is 0 Å². The highest BCUT2D eigenvalue weighted by atomic mass is 16.6. The third-order valence-electron chi connectivity index (χ3n) is 14.4. The van der Waals surface area contributed by atoms with Crippen molar-refractivity contribution >= 4 is 17.9 Å². The maximum atomic E-state index is 13.0. The molecule has 6 heteroatoms. The van der Waals surface area contributed by atoms with Crippen LogP contribution in [-0.4, -0.2) is 37.2 Å². The Morgan fingerprint density at radius 2 is 0.476 bits per heavy atom. The molecule has 0 spiro atoms. The standard InChI is InChI=1S/C76H126O6/c1-4-7-10-13-16-19-22-25-28-31-34-36-37-38-39-41-42-45-48-51-54-57-60-63-66-69-75(78)81-72-73(71-80-74(77)68-65-62-59-56-53-50-47-44-33-30-27-24-21-18-15-12-9-6-3)82-76(79)70-67-64-61-58-55-52-49-46-43-40-35-32-29-26-23-20-17-14-11-8-5-2/h7-8,10-11,16-17,19-20,25-26,28-30,33-36,38-40,46,49,73H,4-6,9,12-15,18,21-24,27,31-32,37,41-45,47-48,50-72H2,1-3H3/b10-7-,11-8-,19-16-,20-17-,28-25-,29-26-,33-30-,36-34-,39-38-,40-35-,49-46-. The summed E-state index contributed by atoms with van der Waals surface area (Å²) in [5, 5.41) is 0. The van der Waals surface area contributed by atoms with E-state index in [1.807, 2.05) is 0 Å². The lowest BCUT2D eigenvalue weighted by Gasteiger charge is -2.18. The molecule has 0 aromatic heterocycles. The molecule has 0 aliphatic heterocycles. The number of allylic oxidation sites excluding steroid dienone is 22. The molecule has 1 unspecified atom stereocenters. The van der Waals surface area contributed by atoms with Crippen LogP contribution in [0.3, 0.4) is 0 Å². The minimum atomic E-state index is -0.800. The average Bonchev–Trinajstić information content (AvgIpc) is 3.47. The van der Waals surface area contributed by atoms with Crippen molar-refractivity contribution in [3.8, 4) is 0 Å². The van der Waals surface area contributed by atoms with Crippen molar-refractivity contribution < 1.29 is 28.6 Å². The summed E-state index contributed by atoms with van der Waals surface area (Å²) in [4.78, 5) is 38.5. The molecule has 0 heterocycles. The van der Waals surface area contributed by atoms with Gasteiger partial charge in [0, 0.05) is 19.3 Å². The fraction of sp³-hybridized carbons (Fsp3) is 0.671. The van der Waals surface area contributed by atoms with Crippen molar-refractivity contribution in [2.45, 2.75) is 316 Å². The van der Waals surface area contributed by atoms with Gasteiger partial charge in [-0.25, -0.2) is 0 Å². The molecule has 0 rings (SSSR count). The minimum absolute atomic E-state index is 0.0927. The number of esters is 3. The summed E-state index contributed by atoms with van der Waals surface area (Å²) >= 11 is 0. The van der Waals surface area contributed by atoms with Gasteiger partial charge >= 0.3 is 17.9 Å². The van der Waals surface area contributed by atoms with Gasteiger partial charge in [0.15, 0.2) is 6.10 Å². The fourth-order valence-corrected chi connectivity index (χ4v) is 9.32. The molecule has 0 saturated carbocycles. The van der Waals surface area contributed by atoms with E-state index in [-0.39, 0.29) is 31.1 Å². The maximum Gasteiger partial charge on any atom is 0.306 e. The Morgan fingerprint density at radius 1 is 0.256 bits per heavy atom. The molecule has 466 valence electrons. The van der Waals surface area contributed by atoms with E-state index in [4.69, 9.17) is 14.2 Å². The monoisotopic (exact) mass is 1130 g/mol. The average molecular weight is 1140 g/mol. The fourth-order valence-electron chi connectivity index (χ4n) is 9.32. The SMILES string of the molecule is CC/C=C\C/C=C\C/C=C\C/C=C\C/C=C\CCCCCCCCCCCC(=O)OCC(COC(=O)CCCCCCCCC/C=C\CCCCCCCCC)OC(=O)CCCCCCC/C=C\C/C=C\C/C=C\C/C=C\C/C=C\CC. The van der Waals surface area contributed by atoms with Crippen LogP contribution in [0.4, 0.5) is 0 Å². The van der Waals surface area contributed by atoms with Crippen molar-refractivity contribution in [1.82, 2.24) is 0 Å². The first-order chi connectivity index (χ1) is 40.5. The highest BCUT2D eigenvalue weighted by Crippen LogP contribution is 2.16. The Labute approximate surface area is 506 Å². The Hall–Kier alpha value is -4.45. The highest BCUT2D eigenvalue weighted by molar-refractivity contribution is 5.71. The first-order valence-electron chi connectivity index (χ1n) is 34.2. The van der Waals surface area contributed by atoms with Gasteiger partial charge < -0.3 is 14.2 Å². The zero-order valence-electron chi connectivity index (χ0n) is 53.5. The highest BCUT2D eigenvalue weighted by Gasteiger charge is 2.19. The smallest absolute Gasteiger partial charge is 0.306 e. The van der Waals surface area contributed by atoms with E-state index in [2.05, 4.69) is 154 Å². The van der Waals surface area contributed by atoms with Crippen molar-refractivity contribution in [3.05, 3.63) is 134 Å². The molecule has 0 amide bonds. The molecular formula is C76H126O6. The van der Waals surface area contributed by atoms with Crippen LogP contribution < -0.4 is 0 Å². The lowest BCUT2D eigenvalue weighted by Crippen LogP contribution is -2.30. The summed E-state index contributed by atoms with van der Waals surface area (Å²) in [5.41, 5.74) is 0. The van der Waals surface area contributed by atoms with E-state index in [1.54, 1.807) is 0 Å². The molecule has 0 bridgehead atoms. The van der Waals surface area contributed by atoms with Crippen LogP contribution in [-0.2, 0) is 28.6 Å². The normalized spacial score (nSPS) is 13.0. The first kappa shape index (κ1) is 77.5. The minimum Gasteiger partial charge on any atom is -0.462 e. The van der Waals surface area contributed by atoms with Crippen LogP contribution >= 0.6 is 0 Å². The molecule has 82 heavy (non-hydrogen) atoms. The molecule has 0 aromatic carbocycles. The second kappa shape index (κ2) is 69.0. The van der Waals surface area contributed by atoms with Crippen LogP contribution in [0.2, 0.25) is 0 Å². The van der Waals surface area contributed by atoms with Crippen LogP contribution in [0.5, 0.6) is 0 Å². The molecule has 0 aliphatic carbocycles. The van der Waals surface area contributed by atoms with Gasteiger partial charge in [0.25, 0.3) is 0 Å². The predicted octanol–water partition coefficient (Wildman–Crippen LogP) is 23.7. The second-order valence-electron chi connectivity index (χ2n) is 22.3. The summed E-state index contributed by atoms with van der Waals surface area (Å²) in [6, 6.07) is 0. The zero-order chi connectivity index (χ0) is 59.2. The van der Waals surface area contributed by atoms with Gasteiger partial charge in [-0.05, 0) is 135 Å². The van der Waals surface area contributed by atoms with Crippen molar-refractivity contribution in [3.63, 3.8) is 0 Å². The van der Waals surface area contributed by atoms with Gasteiger partial charge in [-0.15, -0.1) is 0 Å². The quantitative estimate of drug-likeness (QED) is 0.0261. The van der Waals surface area contributed by atoms with Crippen LogP contribution in [0.1, 0.15) is 310 Å². The molecule has 6 nitrogen and oxygen atoms in total. The Kier molecular flexibility index (Phi) is 65.3. The molecule has 0 fully saturated rings. The van der Waals surface area contributed by atoms with Crippen LogP contribution in [0.25, 0.3) is 0 Å². The second-order valence-corrected chi connectivity index (χ2v) is 22.3. The topological polar surface area (TPSA) is 78.9 Å². The molecular weight excluding hydrogens is 1010 g/mol. The number of carbonyl (C=O) groups is 3. The number of carbonyl (C=O) groups excluding carboxylic acids is 3. The molecule has 0 radical (unpaired) electrons. The summed E-state index contributed by atoms with van der Waals surface area (Å²) in [6.45, 7) is 6.41. The van der Waals surface area contributed by atoms with Gasteiger partial charge in [-0.1, -0.05) is 289 Å². The number of ether oxygens (including phenoxy) is 3. The number of rotatable bonds is 61. The van der Waals surface area contributed by atoms with Crippen LogP contribution in [0.15, 0.2) is 134 Å². The van der Waals surface area contributed by atoms with E-state index in [9.17, 15) is 14.4 Å². The Bertz CT molecular complexity index is 1730. The van der Waals surface area contributed by atoms with E-state index in [0.717, 1.165) is 148 Å². The third kappa shape index (κ3) is 66.4. The number of unbranched alkanes of at least 4 members (excludes halogenated alkanes) is 28. The maximum absolute atomic E-state index is 13.0. The predicted molar refractivity (Wildman–Crippen MR) is 357 cm³/mol. The van der Waals surface area contributed by atoms with E-state index in [1.165, 1.54) is 122 Å². The lowest BCUT2D eigenvalue weighted by molar-refractivity contribution is -0.167. The lowest BCUT2D eigenvalue weighted by atomic mass is 10.1. The Morgan fingerprint density at radius 3 is 0.756 bits per heavy atom. The number of hydrogen-bond donors (Lipinski definition) is 0. The summed E-state index contributed by atoms with van der Waals surface area (Å²) in [7, 11) is 0. The molecule has 0 aliphatic rings. The van der Waals surface area contributed by atoms with Crippen molar-refractivity contribution in [2.24, 2.45) is 0 Å². The van der Waals surface area contributed by atoms with Gasteiger partial charge in [0.1, 0.15) is 13.2 Å². The van der Waals surface area contributed by atoms with Crippen molar-refractivity contribution in [1.29, 1.82) is 0 Å². The van der Waals surface area contributed by atoms with Gasteiger partial charge in [0.05, 0.1) is 0 Å². The van der Waals surface area contributed by atoms with Crippen molar-refractivity contribution in [2.75, 3.05) is 13.2 Å². The van der Waals surface area contributed by atoms with Gasteiger partial charge in [-0.3, -0.25) is 14.4 Å². The largest absolute Gasteiger partial charge is 0.462 e. The molecule has 0 saturated heterocycles. The summed E-state index contributed by atoms with van der Waals surface area (Å²) in [5.74, 6) is -0.915. The van der Waals surface area contributed by atoms with E-state index in [0.29, 0.717) is 19.3 Å². The van der Waals surface area contributed by atoms with Crippen LogP contribution in [0, 0.1) is 0 Å². The van der Waals surface area contributed by atoms with E-state index >= 15 is 0 Å². The Balaban J connectivity index is 4.44. The van der Waals surface area contributed by atoms with E-state index < -0.39 is 6.10 Å². The number of hydrogen-bond acceptors (Lipinski definition) is 6. The first-order valence-corrected chi connectivity index (χ1v) is 34.2. The molecule has 1 atom stereocenters. The third-order valence-corrected chi connectivity index (χ3v) is 14.4.